The van der Waals surface area contributed by atoms with E-state index in [2.05, 4.69) is 27.9 Å². The van der Waals surface area contributed by atoms with E-state index in [1.807, 2.05) is 20.8 Å². The molecule has 0 aromatic heterocycles. The van der Waals surface area contributed by atoms with Gasteiger partial charge in [0.05, 0.1) is 22.5 Å². The van der Waals surface area contributed by atoms with Crippen molar-refractivity contribution in [3.05, 3.63) is 56.7 Å². The number of nitrogens with one attached hydrogen (secondary N) is 1. The quantitative estimate of drug-likeness (QED) is 0.323. The highest BCUT2D eigenvalue weighted by Gasteiger charge is 2.36. The van der Waals surface area contributed by atoms with Gasteiger partial charge in [-0.3, -0.25) is 14.9 Å². The van der Waals surface area contributed by atoms with E-state index < -0.39 is 17.8 Å². The van der Waals surface area contributed by atoms with Crippen LogP contribution < -0.4 is 19.7 Å². The molecular formula is C23H23IN2O5. The molecule has 1 saturated heterocycles. The van der Waals surface area contributed by atoms with Gasteiger partial charge in [0.15, 0.2) is 11.5 Å². The number of amides is 4. The molecule has 1 fully saturated rings. The van der Waals surface area contributed by atoms with Gasteiger partial charge in [-0.25, -0.2) is 9.69 Å². The third-order valence-corrected chi connectivity index (χ3v) is 5.29. The maximum Gasteiger partial charge on any atom is 0.335 e. The normalized spacial score (nSPS) is 15.3. The molecule has 4 amide bonds. The molecule has 1 heterocycles. The highest BCUT2D eigenvalue weighted by atomic mass is 127. The lowest BCUT2D eigenvalue weighted by Gasteiger charge is -2.26. The second kappa shape index (κ2) is 9.95. The molecule has 0 unspecified atom stereocenters. The summed E-state index contributed by atoms with van der Waals surface area (Å²) in [4.78, 5) is 38.8. The number of nitrogens with zero attached hydrogens (tertiary/aromatic N) is 1. The lowest BCUT2D eigenvalue weighted by Crippen LogP contribution is -2.54. The second-order valence-electron chi connectivity index (χ2n) is 6.90. The molecule has 31 heavy (non-hydrogen) atoms. The Morgan fingerprint density at radius 1 is 1.06 bits per heavy atom. The van der Waals surface area contributed by atoms with Gasteiger partial charge in [0.2, 0.25) is 0 Å². The van der Waals surface area contributed by atoms with Gasteiger partial charge in [0.1, 0.15) is 5.57 Å². The summed E-state index contributed by atoms with van der Waals surface area (Å²) in [5, 5.41) is 2.24. The van der Waals surface area contributed by atoms with Crippen LogP contribution in [0.15, 0.2) is 42.0 Å². The molecule has 0 bridgehead atoms. The fourth-order valence-electron chi connectivity index (χ4n) is 3.03. The summed E-state index contributed by atoms with van der Waals surface area (Å²) >= 11 is 2.13. The van der Waals surface area contributed by atoms with E-state index in [1.54, 1.807) is 36.4 Å². The Labute approximate surface area is 194 Å². The standard InChI is InChI=1S/C23H23IN2O5/c1-4-10-31-20-18(24)12-15(13-19(20)30-5-2)11-17-21(27)25-23(29)26(22(17)28)16-8-6-14(3)7-9-16/h6-9,11-13H,4-5,10H2,1-3H3,(H,25,27,29)/b17-11+. The molecule has 3 rings (SSSR count). The van der Waals surface area contributed by atoms with Gasteiger partial charge in [-0.05, 0) is 78.8 Å². The van der Waals surface area contributed by atoms with Crippen molar-refractivity contribution in [2.75, 3.05) is 18.1 Å². The van der Waals surface area contributed by atoms with Crippen molar-refractivity contribution < 1.29 is 23.9 Å². The lowest BCUT2D eigenvalue weighted by molar-refractivity contribution is -0.122. The first-order valence-corrected chi connectivity index (χ1v) is 11.0. The van der Waals surface area contributed by atoms with Crippen LogP contribution in [0, 0.1) is 10.5 Å². The van der Waals surface area contributed by atoms with Gasteiger partial charge in [-0.15, -0.1) is 0 Å². The monoisotopic (exact) mass is 534 g/mol. The number of carbonyl (C=O) groups is 3. The number of imide groups is 2. The molecule has 1 aliphatic rings. The van der Waals surface area contributed by atoms with E-state index in [9.17, 15) is 14.4 Å². The smallest absolute Gasteiger partial charge is 0.335 e. The van der Waals surface area contributed by atoms with Crippen molar-refractivity contribution in [2.24, 2.45) is 0 Å². The Bertz CT molecular complexity index is 1050. The minimum absolute atomic E-state index is 0.138. The number of urea groups is 1. The van der Waals surface area contributed by atoms with Crippen molar-refractivity contribution in [1.82, 2.24) is 5.32 Å². The zero-order valence-corrected chi connectivity index (χ0v) is 19.7. The number of rotatable bonds is 7. The van der Waals surface area contributed by atoms with Crippen LogP contribution in [0.4, 0.5) is 10.5 Å². The van der Waals surface area contributed by atoms with Gasteiger partial charge in [0, 0.05) is 0 Å². The summed E-state index contributed by atoms with van der Waals surface area (Å²) in [6, 6.07) is 9.66. The number of anilines is 1. The van der Waals surface area contributed by atoms with E-state index in [0.29, 0.717) is 36.0 Å². The Balaban J connectivity index is 2.00. The largest absolute Gasteiger partial charge is 0.490 e. The molecule has 0 aliphatic carbocycles. The zero-order valence-electron chi connectivity index (χ0n) is 17.5. The zero-order chi connectivity index (χ0) is 22.5. The number of hydrogen-bond acceptors (Lipinski definition) is 5. The summed E-state index contributed by atoms with van der Waals surface area (Å²) in [6.45, 7) is 6.77. The summed E-state index contributed by atoms with van der Waals surface area (Å²) in [5.41, 5.74) is 1.83. The van der Waals surface area contributed by atoms with Crippen LogP contribution in [0.3, 0.4) is 0 Å². The van der Waals surface area contributed by atoms with Crippen LogP contribution in [-0.2, 0) is 9.59 Å². The van der Waals surface area contributed by atoms with Gasteiger partial charge >= 0.3 is 6.03 Å². The van der Waals surface area contributed by atoms with Crippen LogP contribution in [0.5, 0.6) is 11.5 Å². The number of barbiturate groups is 1. The van der Waals surface area contributed by atoms with Crippen LogP contribution >= 0.6 is 22.6 Å². The minimum Gasteiger partial charge on any atom is -0.490 e. The van der Waals surface area contributed by atoms with E-state index in [4.69, 9.17) is 9.47 Å². The van der Waals surface area contributed by atoms with Crippen LogP contribution in [0.1, 0.15) is 31.4 Å². The molecule has 2 aromatic rings. The molecule has 1 aliphatic heterocycles. The average Bonchev–Trinajstić information content (AvgIpc) is 2.72. The first-order valence-electron chi connectivity index (χ1n) is 9.93. The molecule has 8 heteroatoms. The van der Waals surface area contributed by atoms with Crippen LogP contribution in [0.25, 0.3) is 6.08 Å². The third kappa shape index (κ3) is 5.07. The first kappa shape index (κ1) is 22.8. The molecule has 162 valence electrons. The molecule has 0 atom stereocenters. The number of ether oxygens (including phenoxy) is 2. The van der Waals surface area contributed by atoms with Gasteiger partial charge in [-0.2, -0.15) is 0 Å². The summed E-state index contributed by atoms with van der Waals surface area (Å²) < 4.78 is 12.3. The van der Waals surface area contributed by atoms with E-state index in [-0.39, 0.29) is 5.57 Å². The average molecular weight is 534 g/mol. The molecule has 1 N–H and O–H groups in total. The summed E-state index contributed by atoms with van der Waals surface area (Å²) in [7, 11) is 0. The highest BCUT2D eigenvalue weighted by Crippen LogP contribution is 2.35. The van der Waals surface area contributed by atoms with Crippen LogP contribution in [0.2, 0.25) is 0 Å². The van der Waals surface area contributed by atoms with Gasteiger partial charge in [0.25, 0.3) is 11.8 Å². The summed E-state index contributed by atoms with van der Waals surface area (Å²) in [6.07, 6.45) is 2.31. The Morgan fingerprint density at radius 3 is 2.42 bits per heavy atom. The van der Waals surface area contributed by atoms with E-state index in [1.165, 1.54) is 6.08 Å². The van der Waals surface area contributed by atoms with Crippen molar-refractivity contribution >= 4 is 52.2 Å². The molecule has 2 aromatic carbocycles. The number of carbonyl (C=O) groups excluding carboxylic acids is 3. The molecule has 0 saturated carbocycles. The molecule has 0 spiro atoms. The van der Waals surface area contributed by atoms with Gasteiger partial charge < -0.3 is 9.47 Å². The van der Waals surface area contributed by atoms with Crippen molar-refractivity contribution in [3.63, 3.8) is 0 Å². The first-order chi connectivity index (χ1) is 14.8. The van der Waals surface area contributed by atoms with Crippen LogP contribution in [-0.4, -0.2) is 31.1 Å². The number of aryl methyl sites for hydroxylation is 1. The van der Waals surface area contributed by atoms with Crippen molar-refractivity contribution in [1.29, 1.82) is 0 Å². The predicted octanol–water partition coefficient (Wildman–Crippen LogP) is 4.45. The van der Waals surface area contributed by atoms with E-state index >= 15 is 0 Å². The van der Waals surface area contributed by atoms with Crippen molar-refractivity contribution in [2.45, 2.75) is 27.2 Å². The minimum atomic E-state index is -0.774. The topological polar surface area (TPSA) is 84.9 Å². The van der Waals surface area contributed by atoms with Crippen molar-refractivity contribution in [3.8, 4) is 11.5 Å². The maximum atomic E-state index is 13.1. The molecule has 0 radical (unpaired) electrons. The number of benzene rings is 2. The Hall–Kier alpha value is -2.88. The third-order valence-electron chi connectivity index (χ3n) is 4.49. The fraction of sp³-hybridized carbons (Fsp3) is 0.261. The molecule has 7 nitrogen and oxygen atoms in total. The lowest BCUT2D eigenvalue weighted by atomic mass is 10.1. The molecular weight excluding hydrogens is 511 g/mol. The SMILES string of the molecule is CCCOc1c(I)cc(/C=C2\C(=O)NC(=O)N(c3ccc(C)cc3)C2=O)cc1OCC. The van der Waals surface area contributed by atoms with E-state index in [0.717, 1.165) is 20.5 Å². The summed E-state index contributed by atoms with van der Waals surface area (Å²) in [5.74, 6) is -0.262. The predicted molar refractivity (Wildman–Crippen MR) is 126 cm³/mol. The van der Waals surface area contributed by atoms with Gasteiger partial charge in [-0.1, -0.05) is 24.6 Å². The maximum absolute atomic E-state index is 13.1. The Morgan fingerprint density at radius 2 is 1.77 bits per heavy atom. The second-order valence-corrected chi connectivity index (χ2v) is 8.07. The number of halogens is 1. The number of hydrogen-bond donors (Lipinski definition) is 1. The fourth-order valence-corrected chi connectivity index (χ4v) is 3.81. The Kier molecular flexibility index (Phi) is 7.32. The highest BCUT2D eigenvalue weighted by molar-refractivity contribution is 14.1.